The Morgan fingerprint density at radius 2 is 2.19 bits per heavy atom. The second-order valence-corrected chi connectivity index (χ2v) is 6.04. The van der Waals surface area contributed by atoms with Crippen molar-refractivity contribution >= 4 is 28.3 Å². The maximum Gasteiger partial charge on any atom is 0.345 e. The third kappa shape index (κ3) is 2.42. The smallest absolute Gasteiger partial charge is 0.345 e. The lowest BCUT2D eigenvalue weighted by atomic mass is 10.1. The van der Waals surface area contributed by atoms with Gasteiger partial charge < -0.3 is 5.11 Å². The maximum atomic E-state index is 11.2. The number of rotatable bonds is 4. The van der Waals surface area contributed by atoms with E-state index in [1.807, 2.05) is 13.1 Å². The van der Waals surface area contributed by atoms with Crippen LogP contribution in [-0.2, 0) is 13.5 Å². The van der Waals surface area contributed by atoms with Gasteiger partial charge in [-0.3, -0.25) is 9.67 Å². The Balaban J connectivity index is 2.15. The van der Waals surface area contributed by atoms with Gasteiger partial charge in [-0.15, -0.1) is 11.3 Å². The Morgan fingerprint density at radius 3 is 2.90 bits per heavy atom. The zero-order chi connectivity index (χ0) is 15.0. The van der Waals surface area contributed by atoms with Crippen LogP contribution in [0.15, 0.2) is 24.5 Å². The first-order valence-corrected chi connectivity index (χ1v) is 7.56. The topological polar surface area (TPSA) is 68.0 Å². The fourth-order valence-electron chi connectivity index (χ4n) is 2.36. The van der Waals surface area contributed by atoms with E-state index in [0.717, 1.165) is 39.9 Å². The van der Waals surface area contributed by atoms with E-state index in [4.69, 9.17) is 0 Å². The van der Waals surface area contributed by atoms with Crippen LogP contribution in [0.25, 0.3) is 22.2 Å². The molecule has 108 valence electrons. The van der Waals surface area contributed by atoms with Crippen molar-refractivity contribution in [2.75, 3.05) is 0 Å². The van der Waals surface area contributed by atoms with E-state index in [0.29, 0.717) is 4.88 Å². The molecule has 0 aliphatic rings. The summed E-state index contributed by atoms with van der Waals surface area (Å²) in [6.45, 7) is 2.09. The van der Waals surface area contributed by atoms with Gasteiger partial charge in [-0.25, -0.2) is 4.79 Å². The van der Waals surface area contributed by atoms with Crippen molar-refractivity contribution in [3.63, 3.8) is 0 Å². The third-order valence-corrected chi connectivity index (χ3v) is 4.59. The first kappa shape index (κ1) is 13.8. The van der Waals surface area contributed by atoms with Gasteiger partial charge in [0.2, 0.25) is 0 Å². The molecule has 3 aromatic heterocycles. The van der Waals surface area contributed by atoms with Crippen molar-refractivity contribution in [3.8, 4) is 11.1 Å². The van der Waals surface area contributed by atoms with Crippen LogP contribution in [0.2, 0.25) is 0 Å². The Labute approximate surface area is 125 Å². The van der Waals surface area contributed by atoms with Crippen LogP contribution in [0, 0.1) is 0 Å². The fourth-order valence-corrected chi connectivity index (χ4v) is 3.49. The standard InChI is InChI=1S/C15H15N3O2S/c1-3-4-13-10(6-14(21-13)15(19)20)9-5-12-11(16-7-9)8-17-18(12)2/h5-8H,3-4H2,1-2H3,(H,19,20). The van der Waals surface area contributed by atoms with Gasteiger partial charge in [0.15, 0.2) is 0 Å². The molecule has 21 heavy (non-hydrogen) atoms. The predicted molar refractivity (Wildman–Crippen MR) is 82.8 cm³/mol. The van der Waals surface area contributed by atoms with Gasteiger partial charge in [0, 0.05) is 23.7 Å². The number of pyridine rings is 1. The van der Waals surface area contributed by atoms with Gasteiger partial charge in [-0.2, -0.15) is 5.10 Å². The Morgan fingerprint density at radius 1 is 1.38 bits per heavy atom. The first-order valence-electron chi connectivity index (χ1n) is 6.74. The molecule has 1 N–H and O–H groups in total. The summed E-state index contributed by atoms with van der Waals surface area (Å²) in [5, 5.41) is 13.4. The summed E-state index contributed by atoms with van der Waals surface area (Å²) in [6.07, 6.45) is 5.36. The van der Waals surface area contributed by atoms with Crippen LogP contribution in [0.3, 0.4) is 0 Å². The van der Waals surface area contributed by atoms with E-state index in [9.17, 15) is 9.90 Å². The minimum atomic E-state index is -0.877. The highest BCUT2D eigenvalue weighted by Gasteiger charge is 2.15. The summed E-state index contributed by atoms with van der Waals surface area (Å²) in [5.41, 5.74) is 3.69. The molecule has 3 aromatic rings. The predicted octanol–water partition coefficient (Wildman–Crippen LogP) is 3.35. The van der Waals surface area contributed by atoms with E-state index in [2.05, 4.69) is 17.0 Å². The highest BCUT2D eigenvalue weighted by molar-refractivity contribution is 7.14. The highest BCUT2D eigenvalue weighted by atomic mass is 32.1. The van der Waals surface area contributed by atoms with Crippen LogP contribution in [0.1, 0.15) is 27.9 Å². The fraction of sp³-hybridized carbons (Fsp3) is 0.267. The van der Waals surface area contributed by atoms with E-state index in [1.54, 1.807) is 23.1 Å². The minimum absolute atomic E-state index is 0.374. The number of hydrogen-bond donors (Lipinski definition) is 1. The average Bonchev–Trinajstić information content (AvgIpc) is 3.04. The Kier molecular flexibility index (Phi) is 3.47. The molecule has 5 nitrogen and oxygen atoms in total. The van der Waals surface area contributed by atoms with E-state index in [1.165, 1.54) is 11.3 Å². The lowest BCUT2D eigenvalue weighted by Gasteiger charge is -2.03. The lowest BCUT2D eigenvalue weighted by Crippen LogP contribution is -1.91. The van der Waals surface area contributed by atoms with Crippen LogP contribution in [-0.4, -0.2) is 25.8 Å². The molecule has 0 fully saturated rings. The molecule has 0 bridgehead atoms. The molecular weight excluding hydrogens is 286 g/mol. The van der Waals surface area contributed by atoms with Crippen LogP contribution < -0.4 is 0 Å². The molecule has 0 saturated heterocycles. The number of thiophene rings is 1. The van der Waals surface area contributed by atoms with Gasteiger partial charge in [0.05, 0.1) is 11.7 Å². The lowest BCUT2D eigenvalue weighted by molar-refractivity contribution is 0.0702. The molecule has 0 unspecified atom stereocenters. The molecule has 6 heteroatoms. The van der Waals surface area contributed by atoms with E-state index in [-0.39, 0.29) is 0 Å². The number of aromatic nitrogens is 3. The van der Waals surface area contributed by atoms with Crippen molar-refractivity contribution in [3.05, 3.63) is 34.3 Å². The minimum Gasteiger partial charge on any atom is -0.477 e. The van der Waals surface area contributed by atoms with Crippen LogP contribution >= 0.6 is 11.3 Å². The summed E-state index contributed by atoms with van der Waals surface area (Å²) >= 11 is 1.35. The number of nitrogens with zero attached hydrogens (tertiary/aromatic N) is 3. The third-order valence-electron chi connectivity index (χ3n) is 3.41. The van der Waals surface area contributed by atoms with Gasteiger partial charge in [-0.1, -0.05) is 13.3 Å². The SMILES string of the molecule is CCCc1sc(C(=O)O)cc1-c1cnc2cnn(C)c2c1. The molecule has 0 amide bonds. The molecule has 0 atom stereocenters. The molecule has 0 saturated carbocycles. The van der Waals surface area contributed by atoms with Gasteiger partial charge in [0.1, 0.15) is 10.4 Å². The Hall–Kier alpha value is -2.21. The van der Waals surface area contributed by atoms with Crippen LogP contribution in [0.4, 0.5) is 0 Å². The van der Waals surface area contributed by atoms with Crippen molar-refractivity contribution in [1.82, 2.24) is 14.8 Å². The van der Waals surface area contributed by atoms with Gasteiger partial charge >= 0.3 is 5.97 Å². The number of aryl methyl sites for hydroxylation is 2. The number of aromatic carboxylic acids is 1. The van der Waals surface area contributed by atoms with Crippen molar-refractivity contribution < 1.29 is 9.90 Å². The van der Waals surface area contributed by atoms with E-state index >= 15 is 0 Å². The molecule has 0 aliphatic heterocycles. The molecule has 3 rings (SSSR count). The quantitative estimate of drug-likeness (QED) is 0.802. The molecule has 0 radical (unpaired) electrons. The van der Waals surface area contributed by atoms with Crippen molar-refractivity contribution in [2.24, 2.45) is 7.05 Å². The zero-order valence-corrected chi connectivity index (χ0v) is 12.6. The molecule has 3 heterocycles. The monoisotopic (exact) mass is 301 g/mol. The molecular formula is C15H15N3O2S. The van der Waals surface area contributed by atoms with Gasteiger partial charge in [0.25, 0.3) is 0 Å². The number of carboxylic acids is 1. The Bertz CT molecular complexity index is 820. The molecule has 0 aliphatic carbocycles. The summed E-state index contributed by atoms with van der Waals surface area (Å²) in [6, 6.07) is 3.76. The molecule has 0 aromatic carbocycles. The second-order valence-electron chi connectivity index (χ2n) is 4.90. The van der Waals surface area contributed by atoms with Crippen molar-refractivity contribution in [1.29, 1.82) is 0 Å². The first-order chi connectivity index (χ1) is 10.1. The highest BCUT2D eigenvalue weighted by Crippen LogP contribution is 2.33. The number of hydrogen-bond acceptors (Lipinski definition) is 4. The zero-order valence-electron chi connectivity index (χ0n) is 11.8. The number of carbonyl (C=O) groups is 1. The summed E-state index contributed by atoms with van der Waals surface area (Å²) in [7, 11) is 1.87. The number of fused-ring (bicyclic) bond motifs is 1. The molecule has 0 spiro atoms. The number of carboxylic acid groups (broad SMARTS) is 1. The average molecular weight is 301 g/mol. The normalized spacial score (nSPS) is 11.1. The van der Waals surface area contributed by atoms with Crippen molar-refractivity contribution in [2.45, 2.75) is 19.8 Å². The second kappa shape index (κ2) is 5.29. The van der Waals surface area contributed by atoms with Crippen LogP contribution in [0.5, 0.6) is 0 Å². The summed E-state index contributed by atoms with van der Waals surface area (Å²) in [5.74, 6) is -0.877. The maximum absolute atomic E-state index is 11.2. The van der Waals surface area contributed by atoms with Gasteiger partial charge in [-0.05, 0) is 24.1 Å². The largest absolute Gasteiger partial charge is 0.477 e. The summed E-state index contributed by atoms with van der Waals surface area (Å²) < 4.78 is 1.77. The van der Waals surface area contributed by atoms with E-state index < -0.39 is 5.97 Å². The summed E-state index contributed by atoms with van der Waals surface area (Å²) in [4.78, 5) is 17.1.